The molecule has 4 heteroatoms. The molecule has 2 heterocycles. The zero-order valence-electron chi connectivity index (χ0n) is 8.86. The molecule has 0 N–H and O–H groups in total. The van der Waals surface area contributed by atoms with Crippen LogP contribution in [0.25, 0.3) is 0 Å². The zero-order chi connectivity index (χ0) is 10.7. The van der Waals surface area contributed by atoms with Crippen molar-refractivity contribution >= 4 is 17.5 Å². The summed E-state index contributed by atoms with van der Waals surface area (Å²) in [5.74, 6) is 4.01. The summed E-state index contributed by atoms with van der Waals surface area (Å²) in [7, 11) is 0. The Balaban J connectivity index is 1.94. The van der Waals surface area contributed by atoms with E-state index in [1.54, 1.807) is 6.07 Å². The van der Waals surface area contributed by atoms with Crippen LogP contribution in [-0.2, 0) is 6.42 Å². The SMILES string of the molecule is CC(=O)c1cc(CC2CCCSC2)on1. The zero-order valence-corrected chi connectivity index (χ0v) is 9.68. The number of ketones is 1. The summed E-state index contributed by atoms with van der Waals surface area (Å²) in [6, 6.07) is 1.78. The number of Topliss-reactive ketones (excluding diaryl/α,β-unsaturated/α-hetero) is 1. The molecule has 15 heavy (non-hydrogen) atoms. The summed E-state index contributed by atoms with van der Waals surface area (Å²) >= 11 is 2.01. The standard InChI is InChI=1S/C11H15NO2S/c1-8(13)11-6-10(14-12-11)5-9-3-2-4-15-7-9/h6,9H,2-5,7H2,1H3. The molecule has 3 nitrogen and oxygen atoms in total. The normalized spacial score (nSPS) is 21.5. The Kier molecular flexibility index (Phi) is 3.46. The lowest BCUT2D eigenvalue weighted by molar-refractivity contribution is 0.100. The van der Waals surface area contributed by atoms with Gasteiger partial charge in [-0.25, -0.2) is 0 Å². The van der Waals surface area contributed by atoms with E-state index >= 15 is 0 Å². The van der Waals surface area contributed by atoms with Gasteiger partial charge in [0.1, 0.15) is 11.5 Å². The van der Waals surface area contributed by atoms with Crippen molar-refractivity contribution in [1.29, 1.82) is 0 Å². The molecule has 1 atom stereocenters. The molecule has 0 spiro atoms. The fraction of sp³-hybridized carbons (Fsp3) is 0.636. The highest BCUT2D eigenvalue weighted by Crippen LogP contribution is 2.25. The summed E-state index contributed by atoms with van der Waals surface area (Å²) in [5, 5.41) is 3.75. The summed E-state index contributed by atoms with van der Waals surface area (Å²) in [6.07, 6.45) is 3.49. The van der Waals surface area contributed by atoms with Crippen LogP contribution in [0.5, 0.6) is 0 Å². The van der Waals surface area contributed by atoms with Crippen molar-refractivity contribution in [3.8, 4) is 0 Å². The van der Waals surface area contributed by atoms with Crippen LogP contribution >= 0.6 is 11.8 Å². The van der Waals surface area contributed by atoms with Crippen molar-refractivity contribution in [3.05, 3.63) is 17.5 Å². The predicted molar refractivity (Wildman–Crippen MR) is 60.3 cm³/mol. The fourth-order valence-corrected chi connectivity index (χ4v) is 2.98. The maximum absolute atomic E-state index is 11.0. The van der Waals surface area contributed by atoms with Crippen molar-refractivity contribution < 1.29 is 9.32 Å². The van der Waals surface area contributed by atoms with Gasteiger partial charge in [-0.1, -0.05) is 5.16 Å². The minimum Gasteiger partial charge on any atom is -0.361 e. The van der Waals surface area contributed by atoms with Gasteiger partial charge in [0.15, 0.2) is 5.78 Å². The molecule has 0 radical (unpaired) electrons. The van der Waals surface area contributed by atoms with Crippen LogP contribution in [0, 0.1) is 5.92 Å². The number of aromatic nitrogens is 1. The number of carbonyl (C=O) groups excluding carboxylic acids is 1. The average molecular weight is 225 g/mol. The van der Waals surface area contributed by atoms with Gasteiger partial charge < -0.3 is 4.52 Å². The van der Waals surface area contributed by atoms with Crippen molar-refractivity contribution in [2.45, 2.75) is 26.2 Å². The molecule has 1 aliphatic heterocycles. The van der Waals surface area contributed by atoms with E-state index < -0.39 is 0 Å². The minimum atomic E-state index is -0.0250. The van der Waals surface area contributed by atoms with Crippen LogP contribution in [-0.4, -0.2) is 22.4 Å². The molecule has 1 aromatic heterocycles. The maximum atomic E-state index is 11.0. The molecule has 0 amide bonds. The van der Waals surface area contributed by atoms with Crippen molar-refractivity contribution in [2.75, 3.05) is 11.5 Å². The van der Waals surface area contributed by atoms with E-state index in [9.17, 15) is 4.79 Å². The van der Waals surface area contributed by atoms with Crippen LogP contribution in [0.2, 0.25) is 0 Å². The number of thioether (sulfide) groups is 1. The molecule has 0 bridgehead atoms. The quantitative estimate of drug-likeness (QED) is 0.741. The van der Waals surface area contributed by atoms with Gasteiger partial charge in [0.2, 0.25) is 0 Å². The Hall–Kier alpha value is -0.770. The summed E-state index contributed by atoms with van der Waals surface area (Å²) in [5.41, 5.74) is 0.452. The van der Waals surface area contributed by atoms with Gasteiger partial charge in [-0.3, -0.25) is 4.79 Å². The van der Waals surface area contributed by atoms with Crippen LogP contribution in [0.3, 0.4) is 0 Å². The van der Waals surface area contributed by atoms with Gasteiger partial charge in [0, 0.05) is 19.4 Å². The van der Waals surface area contributed by atoms with Crippen LogP contribution in [0.4, 0.5) is 0 Å². The first-order valence-electron chi connectivity index (χ1n) is 5.30. The summed E-state index contributed by atoms with van der Waals surface area (Å²) in [6.45, 7) is 1.51. The molecule has 0 aliphatic carbocycles. The monoisotopic (exact) mass is 225 g/mol. The van der Waals surface area contributed by atoms with Gasteiger partial charge in [-0.05, 0) is 30.3 Å². The molecule has 1 unspecified atom stereocenters. The first-order valence-corrected chi connectivity index (χ1v) is 6.45. The largest absolute Gasteiger partial charge is 0.361 e. The van der Waals surface area contributed by atoms with Crippen LogP contribution in [0.15, 0.2) is 10.6 Å². The summed E-state index contributed by atoms with van der Waals surface area (Å²) in [4.78, 5) is 11.0. The molecular weight excluding hydrogens is 210 g/mol. The number of carbonyl (C=O) groups is 1. The van der Waals surface area contributed by atoms with Gasteiger partial charge >= 0.3 is 0 Å². The molecule has 0 aromatic carbocycles. The second-order valence-corrected chi connectivity index (χ2v) is 5.17. The molecule has 1 fully saturated rings. The van der Waals surface area contributed by atoms with Crippen LogP contribution < -0.4 is 0 Å². The van der Waals surface area contributed by atoms with E-state index in [0.29, 0.717) is 11.6 Å². The topological polar surface area (TPSA) is 43.1 Å². The fourth-order valence-electron chi connectivity index (χ4n) is 1.83. The Morgan fingerprint density at radius 2 is 2.60 bits per heavy atom. The Morgan fingerprint density at radius 3 is 3.20 bits per heavy atom. The third kappa shape index (κ3) is 2.84. The van der Waals surface area contributed by atoms with Crippen molar-refractivity contribution in [2.24, 2.45) is 5.92 Å². The highest BCUT2D eigenvalue weighted by molar-refractivity contribution is 7.99. The Labute approximate surface area is 93.6 Å². The molecule has 82 valence electrons. The van der Waals surface area contributed by atoms with Gasteiger partial charge in [0.05, 0.1) is 0 Å². The van der Waals surface area contributed by atoms with Crippen molar-refractivity contribution in [1.82, 2.24) is 5.16 Å². The number of nitrogens with zero attached hydrogens (tertiary/aromatic N) is 1. The van der Waals surface area contributed by atoms with Gasteiger partial charge in [-0.2, -0.15) is 11.8 Å². The van der Waals surface area contributed by atoms with E-state index in [2.05, 4.69) is 5.16 Å². The van der Waals surface area contributed by atoms with E-state index in [0.717, 1.165) is 12.2 Å². The second kappa shape index (κ2) is 4.84. The number of hydrogen-bond donors (Lipinski definition) is 0. The van der Waals surface area contributed by atoms with E-state index in [1.807, 2.05) is 11.8 Å². The molecule has 1 saturated heterocycles. The predicted octanol–water partition coefficient (Wildman–Crippen LogP) is 2.56. The van der Waals surface area contributed by atoms with E-state index in [1.165, 1.54) is 31.3 Å². The third-order valence-corrected chi connectivity index (χ3v) is 3.95. The van der Waals surface area contributed by atoms with E-state index in [-0.39, 0.29) is 5.78 Å². The Bertz CT molecular complexity index is 342. The van der Waals surface area contributed by atoms with Gasteiger partial charge in [-0.15, -0.1) is 0 Å². The summed E-state index contributed by atoms with van der Waals surface area (Å²) < 4.78 is 5.15. The second-order valence-electron chi connectivity index (χ2n) is 4.02. The molecule has 1 aliphatic rings. The Morgan fingerprint density at radius 1 is 1.73 bits per heavy atom. The lowest BCUT2D eigenvalue weighted by atomic mass is 10.00. The molecule has 2 rings (SSSR count). The lowest BCUT2D eigenvalue weighted by Gasteiger charge is -2.19. The minimum absolute atomic E-state index is 0.0250. The third-order valence-electron chi connectivity index (χ3n) is 2.66. The molecule has 1 aromatic rings. The average Bonchev–Trinajstić information content (AvgIpc) is 2.68. The highest BCUT2D eigenvalue weighted by Gasteiger charge is 2.17. The number of hydrogen-bond acceptors (Lipinski definition) is 4. The number of rotatable bonds is 3. The smallest absolute Gasteiger partial charge is 0.181 e. The highest BCUT2D eigenvalue weighted by atomic mass is 32.2. The molecule has 0 saturated carbocycles. The first kappa shape index (κ1) is 10.7. The van der Waals surface area contributed by atoms with E-state index in [4.69, 9.17) is 4.52 Å². The van der Waals surface area contributed by atoms with Crippen LogP contribution in [0.1, 0.15) is 36.0 Å². The lowest BCUT2D eigenvalue weighted by Crippen LogP contribution is -2.12. The van der Waals surface area contributed by atoms with Gasteiger partial charge in [0.25, 0.3) is 0 Å². The first-order chi connectivity index (χ1) is 7.25. The molecular formula is C11H15NO2S. The maximum Gasteiger partial charge on any atom is 0.181 e. The van der Waals surface area contributed by atoms with Crippen molar-refractivity contribution in [3.63, 3.8) is 0 Å².